The van der Waals surface area contributed by atoms with Crippen molar-refractivity contribution in [1.82, 2.24) is 4.90 Å². The number of hydrogen-bond acceptors (Lipinski definition) is 4. The molecule has 0 spiro atoms. The number of hydrogen-bond donors (Lipinski definition) is 2. The summed E-state index contributed by atoms with van der Waals surface area (Å²) in [7, 11) is 0. The molecule has 1 amide bonds. The number of nitrogen functional groups attached to an aromatic ring is 2. The van der Waals surface area contributed by atoms with E-state index in [2.05, 4.69) is 0 Å². The molecule has 0 saturated carbocycles. The number of rotatable bonds is 4. The van der Waals surface area contributed by atoms with Crippen molar-refractivity contribution in [3.05, 3.63) is 47.4 Å². The van der Waals surface area contributed by atoms with Crippen LogP contribution in [0.5, 0.6) is 0 Å². The van der Waals surface area contributed by atoms with E-state index in [1.54, 1.807) is 23.1 Å². The summed E-state index contributed by atoms with van der Waals surface area (Å²) < 4.78 is 5.55. The lowest BCUT2D eigenvalue weighted by Crippen LogP contribution is -2.36. The summed E-state index contributed by atoms with van der Waals surface area (Å²) in [6.45, 7) is 6.21. The second kappa shape index (κ2) is 5.91. The molecule has 2 rings (SSSR count). The monoisotopic (exact) mass is 287 g/mol. The SMILES string of the molecule is Cc1ccc(CN(C(=O)c2ccc(N)cc2N)C(C)C)o1. The van der Waals surface area contributed by atoms with Crippen molar-refractivity contribution in [1.29, 1.82) is 0 Å². The van der Waals surface area contributed by atoms with Gasteiger partial charge in [-0.15, -0.1) is 0 Å². The average molecular weight is 287 g/mol. The number of nitrogens with zero attached hydrogens (tertiary/aromatic N) is 1. The van der Waals surface area contributed by atoms with Gasteiger partial charge < -0.3 is 20.8 Å². The lowest BCUT2D eigenvalue weighted by molar-refractivity contribution is 0.0676. The first-order valence-corrected chi connectivity index (χ1v) is 6.89. The van der Waals surface area contributed by atoms with Crippen LogP contribution in [0.2, 0.25) is 0 Å². The highest BCUT2D eigenvalue weighted by Gasteiger charge is 2.22. The molecule has 0 atom stereocenters. The molecule has 0 unspecified atom stereocenters. The first-order chi connectivity index (χ1) is 9.88. The molecule has 0 aliphatic rings. The number of furan rings is 1. The minimum atomic E-state index is -0.128. The number of amides is 1. The van der Waals surface area contributed by atoms with E-state index >= 15 is 0 Å². The van der Waals surface area contributed by atoms with E-state index in [1.807, 2.05) is 32.9 Å². The van der Waals surface area contributed by atoms with E-state index in [9.17, 15) is 4.79 Å². The predicted molar refractivity (Wildman–Crippen MR) is 83.7 cm³/mol. The van der Waals surface area contributed by atoms with Crippen LogP contribution in [-0.2, 0) is 6.54 Å². The summed E-state index contributed by atoms with van der Waals surface area (Å²) in [6, 6.07) is 8.73. The molecular weight excluding hydrogens is 266 g/mol. The zero-order chi connectivity index (χ0) is 15.6. The largest absolute Gasteiger partial charge is 0.464 e. The van der Waals surface area contributed by atoms with Crippen molar-refractivity contribution in [2.24, 2.45) is 0 Å². The lowest BCUT2D eigenvalue weighted by atomic mass is 10.1. The van der Waals surface area contributed by atoms with Crippen molar-refractivity contribution in [3.8, 4) is 0 Å². The molecule has 2 aromatic rings. The maximum atomic E-state index is 12.7. The van der Waals surface area contributed by atoms with Crippen molar-refractivity contribution < 1.29 is 9.21 Å². The molecule has 0 aliphatic heterocycles. The van der Waals surface area contributed by atoms with E-state index in [0.717, 1.165) is 11.5 Å². The molecule has 1 heterocycles. The maximum Gasteiger partial charge on any atom is 0.256 e. The van der Waals surface area contributed by atoms with Gasteiger partial charge in [0.2, 0.25) is 0 Å². The molecule has 0 aliphatic carbocycles. The van der Waals surface area contributed by atoms with Gasteiger partial charge in [-0.3, -0.25) is 4.79 Å². The number of nitrogens with two attached hydrogens (primary N) is 2. The lowest BCUT2D eigenvalue weighted by Gasteiger charge is -2.26. The van der Waals surface area contributed by atoms with Gasteiger partial charge in [0.15, 0.2) is 0 Å². The number of carbonyl (C=O) groups is 1. The average Bonchev–Trinajstić information content (AvgIpc) is 2.80. The number of anilines is 2. The van der Waals surface area contributed by atoms with Crippen LogP contribution in [0.3, 0.4) is 0 Å². The van der Waals surface area contributed by atoms with Gasteiger partial charge in [0.1, 0.15) is 11.5 Å². The van der Waals surface area contributed by atoms with Crippen molar-refractivity contribution >= 4 is 17.3 Å². The summed E-state index contributed by atoms with van der Waals surface area (Å²) in [5, 5.41) is 0. The smallest absolute Gasteiger partial charge is 0.256 e. The predicted octanol–water partition coefficient (Wildman–Crippen LogP) is 2.80. The summed E-state index contributed by atoms with van der Waals surface area (Å²) >= 11 is 0. The maximum absolute atomic E-state index is 12.7. The van der Waals surface area contributed by atoms with Crippen molar-refractivity contribution in [3.63, 3.8) is 0 Å². The van der Waals surface area contributed by atoms with E-state index in [4.69, 9.17) is 15.9 Å². The van der Waals surface area contributed by atoms with Crippen LogP contribution in [0, 0.1) is 6.92 Å². The zero-order valence-corrected chi connectivity index (χ0v) is 12.6. The normalized spacial score (nSPS) is 10.9. The third-order valence-corrected chi connectivity index (χ3v) is 3.31. The fraction of sp³-hybridized carbons (Fsp3) is 0.312. The Hall–Kier alpha value is -2.43. The summed E-state index contributed by atoms with van der Waals surface area (Å²) in [4.78, 5) is 14.4. The fourth-order valence-corrected chi connectivity index (χ4v) is 2.16. The highest BCUT2D eigenvalue weighted by Crippen LogP contribution is 2.21. The Morgan fingerprint density at radius 1 is 1.24 bits per heavy atom. The van der Waals surface area contributed by atoms with Crippen LogP contribution >= 0.6 is 0 Å². The number of benzene rings is 1. The number of carbonyl (C=O) groups excluding carboxylic acids is 1. The molecule has 0 saturated heterocycles. The molecule has 0 bridgehead atoms. The first kappa shape index (κ1) is 15.0. The summed E-state index contributed by atoms with van der Waals surface area (Å²) in [5.41, 5.74) is 13.0. The standard InChI is InChI=1S/C16H21N3O2/c1-10(2)19(9-13-6-4-11(3)21-13)16(20)14-7-5-12(17)8-15(14)18/h4-8,10H,9,17-18H2,1-3H3. The highest BCUT2D eigenvalue weighted by molar-refractivity contribution is 5.99. The topological polar surface area (TPSA) is 85.5 Å². The van der Waals surface area contributed by atoms with Crippen LogP contribution < -0.4 is 11.5 Å². The van der Waals surface area contributed by atoms with Gasteiger partial charge in [0.25, 0.3) is 5.91 Å². The minimum Gasteiger partial charge on any atom is -0.464 e. The molecule has 1 aromatic heterocycles. The van der Waals surface area contributed by atoms with Crippen LogP contribution in [0.25, 0.3) is 0 Å². The Morgan fingerprint density at radius 2 is 1.95 bits per heavy atom. The van der Waals surface area contributed by atoms with Crippen LogP contribution in [-0.4, -0.2) is 16.8 Å². The second-order valence-electron chi connectivity index (χ2n) is 5.39. The minimum absolute atomic E-state index is 0.0276. The summed E-state index contributed by atoms with van der Waals surface area (Å²) in [5.74, 6) is 1.45. The molecule has 0 radical (unpaired) electrons. The molecule has 0 fully saturated rings. The molecule has 5 heteroatoms. The first-order valence-electron chi connectivity index (χ1n) is 6.89. The Bertz CT molecular complexity index is 647. The molecular formula is C16H21N3O2. The number of aryl methyl sites for hydroxylation is 1. The van der Waals surface area contributed by atoms with Crippen LogP contribution in [0.1, 0.15) is 35.7 Å². The van der Waals surface area contributed by atoms with Gasteiger partial charge >= 0.3 is 0 Å². The Labute approximate surface area is 124 Å². The Kier molecular flexibility index (Phi) is 4.21. The highest BCUT2D eigenvalue weighted by atomic mass is 16.3. The van der Waals surface area contributed by atoms with Gasteiger partial charge in [-0.1, -0.05) is 0 Å². The van der Waals surface area contributed by atoms with Crippen molar-refractivity contribution in [2.45, 2.75) is 33.4 Å². The third-order valence-electron chi connectivity index (χ3n) is 3.31. The Balaban J connectivity index is 2.27. The van der Waals surface area contributed by atoms with E-state index in [-0.39, 0.29) is 11.9 Å². The molecule has 1 aromatic carbocycles. The van der Waals surface area contributed by atoms with Gasteiger partial charge in [0, 0.05) is 17.4 Å². The molecule has 112 valence electrons. The fourth-order valence-electron chi connectivity index (χ4n) is 2.16. The van der Waals surface area contributed by atoms with E-state index in [1.165, 1.54) is 0 Å². The van der Waals surface area contributed by atoms with Gasteiger partial charge in [-0.05, 0) is 51.1 Å². The molecule has 5 nitrogen and oxygen atoms in total. The summed E-state index contributed by atoms with van der Waals surface area (Å²) in [6.07, 6.45) is 0. The Morgan fingerprint density at radius 3 is 2.48 bits per heavy atom. The van der Waals surface area contributed by atoms with E-state index in [0.29, 0.717) is 23.5 Å². The second-order valence-corrected chi connectivity index (χ2v) is 5.39. The van der Waals surface area contributed by atoms with E-state index < -0.39 is 0 Å². The molecule has 4 N–H and O–H groups in total. The van der Waals surface area contributed by atoms with Gasteiger partial charge in [-0.25, -0.2) is 0 Å². The van der Waals surface area contributed by atoms with Gasteiger partial charge in [-0.2, -0.15) is 0 Å². The van der Waals surface area contributed by atoms with Crippen LogP contribution in [0.4, 0.5) is 11.4 Å². The molecule has 21 heavy (non-hydrogen) atoms. The van der Waals surface area contributed by atoms with Crippen LogP contribution in [0.15, 0.2) is 34.7 Å². The quantitative estimate of drug-likeness (QED) is 0.847. The third kappa shape index (κ3) is 3.37. The zero-order valence-electron chi connectivity index (χ0n) is 12.6. The van der Waals surface area contributed by atoms with Crippen molar-refractivity contribution in [2.75, 3.05) is 11.5 Å². The van der Waals surface area contributed by atoms with Gasteiger partial charge in [0.05, 0.1) is 12.1 Å².